The summed E-state index contributed by atoms with van der Waals surface area (Å²) in [5.41, 5.74) is 0.742. The van der Waals surface area contributed by atoms with Gasteiger partial charge in [-0.2, -0.15) is 0 Å². The average molecular weight is 357 g/mol. The van der Waals surface area contributed by atoms with Crippen LogP contribution in [0, 0.1) is 0 Å². The lowest BCUT2D eigenvalue weighted by Crippen LogP contribution is -2.80. The predicted octanol–water partition coefficient (Wildman–Crippen LogP) is 2.53. The Bertz CT molecular complexity index is 792. The molecule has 1 aromatic rings. The van der Waals surface area contributed by atoms with E-state index in [1.165, 1.54) is 11.1 Å². The first kappa shape index (κ1) is 16.6. The quantitative estimate of drug-likeness (QED) is 0.897. The molecule has 140 valence electrons. The molecule has 0 radical (unpaired) electrons. The number of ether oxygens (including phenoxy) is 3. The lowest BCUT2D eigenvalue weighted by molar-refractivity contribution is -0.209. The third kappa shape index (κ3) is 1.59. The first-order valence-corrected chi connectivity index (χ1v) is 9.84. The lowest BCUT2D eigenvalue weighted by Gasteiger charge is -2.64. The molecule has 2 bridgehead atoms. The van der Waals surface area contributed by atoms with Crippen molar-refractivity contribution in [2.24, 2.45) is 0 Å². The average Bonchev–Trinajstić information content (AvgIpc) is 2.91. The molecule has 4 atom stereocenters. The van der Waals surface area contributed by atoms with Crippen LogP contribution >= 0.6 is 0 Å². The van der Waals surface area contributed by atoms with E-state index < -0.39 is 16.6 Å². The number of carbonyl (C=O) groups excluding carboxylic acids is 1. The van der Waals surface area contributed by atoms with Crippen molar-refractivity contribution >= 4 is 5.78 Å². The highest BCUT2D eigenvalue weighted by atomic mass is 16.5. The van der Waals surface area contributed by atoms with E-state index in [1.54, 1.807) is 7.11 Å². The van der Waals surface area contributed by atoms with Crippen molar-refractivity contribution in [1.82, 2.24) is 5.32 Å². The minimum atomic E-state index is -0.883. The van der Waals surface area contributed by atoms with E-state index in [9.17, 15) is 4.79 Å². The van der Waals surface area contributed by atoms with Crippen molar-refractivity contribution in [3.63, 3.8) is 0 Å². The van der Waals surface area contributed by atoms with E-state index in [0.29, 0.717) is 13.0 Å². The summed E-state index contributed by atoms with van der Waals surface area (Å²) >= 11 is 0. The van der Waals surface area contributed by atoms with Crippen LogP contribution in [-0.2, 0) is 21.4 Å². The zero-order chi connectivity index (χ0) is 18.2. The largest absolute Gasteiger partial charge is 0.493 e. The molecule has 1 N–H and O–H groups in total. The highest BCUT2D eigenvalue weighted by Crippen LogP contribution is 2.68. The maximum Gasteiger partial charge on any atom is 0.177 e. The second kappa shape index (κ2) is 5.23. The van der Waals surface area contributed by atoms with Crippen molar-refractivity contribution in [3.8, 4) is 11.5 Å². The summed E-state index contributed by atoms with van der Waals surface area (Å²) in [6.45, 7) is 5.72. The molecule has 0 aromatic heterocycles. The molecule has 5 rings (SSSR count). The summed E-state index contributed by atoms with van der Waals surface area (Å²) in [6.07, 6.45) is 3.99. The Kier molecular flexibility index (Phi) is 3.33. The number of carbonyl (C=O) groups is 1. The molecule has 2 aliphatic carbocycles. The van der Waals surface area contributed by atoms with Crippen molar-refractivity contribution in [1.29, 1.82) is 0 Å². The van der Waals surface area contributed by atoms with Gasteiger partial charge in [-0.05, 0) is 50.8 Å². The summed E-state index contributed by atoms with van der Waals surface area (Å²) in [6, 6.07) is 4.34. The number of nitrogens with one attached hydrogen (secondary N) is 1. The molecule has 2 aliphatic heterocycles. The summed E-state index contributed by atoms with van der Waals surface area (Å²) in [4.78, 5) is 13.2. The third-order valence-corrected chi connectivity index (χ3v) is 7.39. The Morgan fingerprint density at radius 1 is 1.35 bits per heavy atom. The van der Waals surface area contributed by atoms with Crippen LogP contribution in [0.25, 0.3) is 0 Å². The summed E-state index contributed by atoms with van der Waals surface area (Å²) in [5, 5.41) is 3.72. The van der Waals surface area contributed by atoms with Gasteiger partial charge in [0.15, 0.2) is 22.9 Å². The van der Waals surface area contributed by atoms with Crippen LogP contribution in [0.1, 0.15) is 50.7 Å². The van der Waals surface area contributed by atoms with Gasteiger partial charge in [0.25, 0.3) is 0 Å². The molecule has 5 heteroatoms. The number of ketones is 1. The molecule has 4 aliphatic rings. The number of piperidine rings is 1. The van der Waals surface area contributed by atoms with E-state index in [1.807, 2.05) is 13.0 Å². The molecular weight excluding hydrogens is 330 g/mol. The van der Waals surface area contributed by atoms with Crippen LogP contribution in [0.5, 0.6) is 11.5 Å². The predicted molar refractivity (Wildman–Crippen MR) is 97.0 cm³/mol. The number of methoxy groups -OCH3 is 1. The zero-order valence-electron chi connectivity index (χ0n) is 15.8. The third-order valence-electron chi connectivity index (χ3n) is 7.39. The molecule has 1 unspecified atom stereocenters. The lowest BCUT2D eigenvalue weighted by atomic mass is 9.45. The molecule has 2 fully saturated rings. The van der Waals surface area contributed by atoms with Gasteiger partial charge in [-0.25, -0.2) is 0 Å². The Labute approximate surface area is 154 Å². The number of rotatable bonds is 4. The van der Waals surface area contributed by atoms with E-state index in [4.69, 9.17) is 14.2 Å². The maximum absolute atomic E-state index is 13.2. The van der Waals surface area contributed by atoms with Crippen molar-refractivity contribution in [2.75, 3.05) is 20.3 Å². The van der Waals surface area contributed by atoms with Gasteiger partial charge in [0.1, 0.15) is 0 Å². The molecule has 1 aromatic carbocycles. The van der Waals surface area contributed by atoms with Crippen LogP contribution in [0.4, 0.5) is 0 Å². The van der Waals surface area contributed by atoms with E-state index >= 15 is 0 Å². The Hall–Kier alpha value is -1.59. The highest BCUT2D eigenvalue weighted by molar-refractivity contribution is 5.94. The fourth-order valence-electron chi connectivity index (χ4n) is 6.38. The number of hydrogen-bond acceptors (Lipinski definition) is 5. The molecule has 5 nitrogen and oxygen atoms in total. The molecule has 1 saturated heterocycles. The van der Waals surface area contributed by atoms with Gasteiger partial charge in [0.2, 0.25) is 0 Å². The molecule has 26 heavy (non-hydrogen) atoms. The van der Waals surface area contributed by atoms with Gasteiger partial charge in [0, 0.05) is 24.6 Å². The second-order valence-electron chi connectivity index (χ2n) is 8.29. The topological polar surface area (TPSA) is 56.8 Å². The SMILES string of the molecule is CCCO[C@@]12CCC(=O)C3(C)Oc4c(OC)ccc5c4[C@@]31CCN[C@@H]2C5. The van der Waals surface area contributed by atoms with Gasteiger partial charge in [-0.15, -0.1) is 0 Å². The molecular formula is C21H27NO4. The molecule has 1 spiro atoms. The molecule has 0 amide bonds. The number of Topliss-reactive ketones (excluding diaryl/α,β-unsaturated/α-hetero) is 1. The summed E-state index contributed by atoms with van der Waals surface area (Å²) < 4.78 is 18.8. The minimum absolute atomic E-state index is 0.194. The first-order valence-electron chi connectivity index (χ1n) is 9.84. The van der Waals surface area contributed by atoms with E-state index in [2.05, 4.69) is 18.3 Å². The zero-order valence-corrected chi connectivity index (χ0v) is 15.8. The fourth-order valence-corrected chi connectivity index (χ4v) is 6.38. The smallest absolute Gasteiger partial charge is 0.177 e. The Morgan fingerprint density at radius 2 is 2.19 bits per heavy atom. The molecule has 2 heterocycles. The number of hydrogen-bond donors (Lipinski definition) is 1. The van der Waals surface area contributed by atoms with Gasteiger partial charge in [0.05, 0.1) is 18.1 Å². The van der Waals surface area contributed by atoms with Gasteiger partial charge >= 0.3 is 0 Å². The van der Waals surface area contributed by atoms with Gasteiger partial charge in [-0.3, -0.25) is 4.79 Å². The molecule has 1 saturated carbocycles. The summed E-state index contributed by atoms with van der Waals surface area (Å²) in [7, 11) is 1.67. The van der Waals surface area contributed by atoms with Crippen LogP contribution in [0.3, 0.4) is 0 Å². The normalized spacial score (nSPS) is 39.3. The van der Waals surface area contributed by atoms with Crippen molar-refractivity contribution in [3.05, 3.63) is 23.3 Å². The summed E-state index contributed by atoms with van der Waals surface area (Å²) in [5.74, 6) is 1.69. The minimum Gasteiger partial charge on any atom is -0.493 e. The standard InChI is InChI=1S/C21H27NO4/c1-4-11-25-21-8-7-16(23)19(2)20(21)9-10-22-15(21)12-13-5-6-14(24-3)18(26-19)17(13)20/h5-6,15,22H,4,7-12H2,1-3H3/t15-,19?,20+,21-/m1/s1. The number of benzene rings is 1. The van der Waals surface area contributed by atoms with Gasteiger partial charge in [-0.1, -0.05) is 13.0 Å². The highest BCUT2D eigenvalue weighted by Gasteiger charge is 2.77. The van der Waals surface area contributed by atoms with Crippen LogP contribution in [0.15, 0.2) is 12.1 Å². The van der Waals surface area contributed by atoms with Crippen LogP contribution < -0.4 is 14.8 Å². The van der Waals surface area contributed by atoms with Gasteiger partial charge < -0.3 is 19.5 Å². The van der Waals surface area contributed by atoms with E-state index in [-0.39, 0.29) is 11.8 Å². The van der Waals surface area contributed by atoms with Crippen molar-refractivity contribution in [2.45, 2.75) is 68.6 Å². The van der Waals surface area contributed by atoms with Crippen LogP contribution in [0.2, 0.25) is 0 Å². The van der Waals surface area contributed by atoms with E-state index in [0.717, 1.165) is 43.7 Å². The maximum atomic E-state index is 13.2. The first-order chi connectivity index (χ1) is 12.5. The Morgan fingerprint density at radius 3 is 2.96 bits per heavy atom. The van der Waals surface area contributed by atoms with Crippen molar-refractivity contribution < 1.29 is 19.0 Å². The fraction of sp³-hybridized carbons (Fsp3) is 0.667. The Balaban J connectivity index is 1.84. The van der Waals surface area contributed by atoms with Crippen LogP contribution in [-0.4, -0.2) is 43.3 Å². The monoisotopic (exact) mass is 357 g/mol. The second-order valence-corrected chi connectivity index (χ2v) is 8.29.